The van der Waals surface area contributed by atoms with Gasteiger partial charge in [0.2, 0.25) is 0 Å². The summed E-state index contributed by atoms with van der Waals surface area (Å²) in [6, 6.07) is 0. The first kappa shape index (κ1) is 17.2. The highest BCUT2D eigenvalue weighted by molar-refractivity contribution is 4.97. The summed E-state index contributed by atoms with van der Waals surface area (Å²) in [7, 11) is 0. The Morgan fingerprint density at radius 2 is 1.22 bits per heavy atom. The molecular weight excluding hydrogens is 294 g/mol. The van der Waals surface area contributed by atoms with Crippen LogP contribution in [0.3, 0.4) is 0 Å². The summed E-state index contributed by atoms with van der Waals surface area (Å²) >= 11 is 0. The van der Waals surface area contributed by atoms with Gasteiger partial charge in [-0.2, -0.15) is 39.5 Å². The second-order valence-electron chi connectivity index (χ2n) is 2.79. The molecule has 2 nitrogen and oxygen atoms in total. The molecule has 1 radical (unpaired) electrons. The van der Waals surface area contributed by atoms with Crippen molar-refractivity contribution in [2.45, 2.75) is 24.1 Å². The van der Waals surface area contributed by atoms with Crippen LogP contribution in [0.1, 0.15) is 0 Å². The standard InChI is InChI=1S/C6H3F10O2/c7-1-2(17)18-6(15,16)4(10,11)3(8,9)5(12,13)14/h17H,1H2. The van der Waals surface area contributed by atoms with Crippen LogP contribution in [0.4, 0.5) is 43.9 Å². The van der Waals surface area contributed by atoms with Crippen LogP contribution < -0.4 is 0 Å². The van der Waals surface area contributed by atoms with E-state index in [0.29, 0.717) is 0 Å². The quantitative estimate of drug-likeness (QED) is 0.789. The maximum absolute atomic E-state index is 12.4. The largest absolute Gasteiger partial charge is 0.460 e. The second kappa shape index (κ2) is 4.72. The van der Waals surface area contributed by atoms with E-state index in [2.05, 4.69) is 4.74 Å². The van der Waals surface area contributed by atoms with Crippen LogP contribution >= 0.6 is 0 Å². The third-order valence-electron chi connectivity index (χ3n) is 1.48. The van der Waals surface area contributed by atoms with E-state index in [-0.39, 0.29) is 0 Å². The zero-order valence-electron chi connectivity index (χ0n) is 7.84. The van der Waals surface area contributed by atoms with Crippen LogP contribution in [0.5, 0.6) is 0 Å². The van der Waals surface area contributed by atoms with E-state index in [0.717, 1.165) is 0 Å². The molecule has 0 aromatic heterocycles. The lowest BCUT2D eigenvalue weighted by Gasteiger charge is -2.33. The first-order valence-electron chi connectivity index (χ1n) is 3.70. The minimum absolute atomic E-state index is 2.30. The topological polar surface area (TPSA) is 29.5 Å². The van der Waals surface area contributed by atoms with Crippen molar-refractivity contribution in [3.05, 3.63) is 6.29 Å². The number of rotatable bonds is 5. The Labute approximate surface area is 92.1 Å². The molecule has 0 aliphatic heterocycles. The van der Waals surface area contributed by atoms with E-state index in [1.165, 1.54) is 0 Å². The zero-order valence-corrected chi connectivity index (χ0v) is 7.84. The maximum Gasteiger partial charge on any atom is 0.460 e. The Kier molecular flexibility index (Phi) is 4.51. The summed E-state index contributed by atoms with van der Waals surface area (Å²) in [5, 5.41) is 8.01. The Bertz CT molecular complexity index is 285. The number of aliphatic hydroxyl groups excluding tert-OH is 1. The van der Waals surface area contributed by atoms with Gasteiger partial charge in [-0.1, -0.05) is 0 Å². The van der Waals surface area contributed by atoms with E-state index >= 15 is 0 Å². The molecule has 0 saturated carbocycles. The Hall–Kier alpha value is -0.780. The van der Waals surface area contributed by atoms with Crippen molar-refractivity contribution in [3.63, 3.8) is 0 Å². The molecular formula is C6H3F10O2. The number of halogens is 10. The van der Waals surface area contributed by atoms with Gasteiger partial charge in [0.1, 0.15) is 6.67 Å². The molecule has 0 saturated heterocycles. The van der Waals surface area contributed by atoms with E-state index < -0.39 is 37.1 Å². The van der Waals surface area contributed by atoms with Gasteiger partial charge in [-0.3, -0.25) is 4.74 Å². The molecule has 0 aromatic carbocycles. The molecule has 0 amide bonds. The Balaban J connectivity index is 5.36. The molecule has 1 N–H and O–H groups in total. The molecule has 0 atom stereocenters. The number of hydrogen-bond acceptors (Lipinski definition) is 2. The van der Waals surface area contributed by atoms with Crippen LogP contribution in [0, 0.1) is 6.29 Å². The minimum atomic E-state index is -7.15. The smallest absolute Gasteiger partial charge is 0.359 e. The highest BCUT2D eigenvalue weighted by Crippen LogP contribution is 2.53. The predicted molar refractivity (Wildman–Crippen MR) is 33.1 cm³/mol. The third kappa shape index (κ3) is 2.79. The molecule has 0 fully saturated rings. The summed E-state index contributed by atoms with van der Waals surface area (Å²) < 4.78 is 122. The van der Waals surface area contributed by atoms with Gasteiger partial charge < -0.3 is 5.11 Å². The normalized spacial score (nSPS) is 15.3. The average Bonchev–Trinajstić information content (AvgIpc) is 2.14. The van der Waals surface area contributed by atoms with Gasteiger partial charge in [-0.05, 0) is 0 Å². The fraction of sp³-hybridized carbons (Fsp3) is 0.833. The maximum atomic E-state index is 12.4. The van der Waals surface area contributed by atoms with Crippen molar-refractivity contribution < 1.29 is 53.7 Å². The van der Waals surface area contributed by atoms with Gasteiger partial charge in [0.05, 0.1) is 0 Å². The molecule has 0 rings (SSSR count). The SMILES string of the molecule is O[C](CF)OC(F)(F)C(F)(F)C(F)(F)C(F)(F)F. The lowest BCUT2D eigenvalue weighted by Crippen LogP contribution is -2.61. The number of ether oxygens (including phenoxy) is 1. The molecule has 0 aromatic rings. The van der Waals surface area contributed by atoms with E-state index in [9.17, 15) is 43.9 Å². The van der Waals surface area contributed by atoms with Gasteiger partial charge in [0.15, 0.2) is 0 Å². The predicted octanol–water partition coefficient (Wildman–Crippen LogP) is 3.26. The van der Waals surface area contributed by atoms with Crippen LogP contribution in [0.2, 0.25) is 0 Å². The Morgan fingerprint density at radius 1 is 0.833 bits per heavy atom. The first-order valence-corrected chi connectivity index (χ1v) is 3.70. The number of alkyl halides is 10. The van der Waals surface area contributed by atoms with Crippen molar-refractivity contribution in [1.82, 2.24) is 0 Å². The molecule has 0 unspecified atom stereocenters. The summed E-state index contributed by atoms with van der Waals surface area (Å²) in [5.41, 5.74) is 0. The zero-order chi connectivity index (χ0) is 15.0. The summed E-state index contributed by atoms with van der Waals surface area (Å²) in [6.45, 7) is -2.30. The summed E-state index contributed by atoms with van der Waals surface area (Å²) in [6.07, 6.45) is -15.9. The summed E-state index contributed by atoms with van der Waals surface area (Å²) in [4.78, 5) is 0. The van der Waals surface area contributed by atoms with Crippen molar-refractivity contribution in [3.8, 4) is 0 Å². The van der Waals surface area contributed by atoms with Crippen LogP contribution in [0.15, 0.2) is 0 Å². The lowest BCUT2D eigenvalue weighted by molar-refractivity contribution is -0.448. The minimum Gasteiger partial charge on any atom is -0.359 e. The highest BCUT2D eigenvalue weighted by atomic mass is 19.4. The molecule has 0 bridgehead atoms. The van der Waals surface area contributed by atoms with Gasteiger partial charge in [-0.25, -0.2) is 4.39 Å². The first-order chi connectivity index (χ1) is 7.70. The van der Waals surface area contributed by atoms with Gasteiger partial charge in [-0.15, -0.1) is 0 Å². The van der Waals surface area contributed by atoms with Crippen molar-refractivity contribution in [2.24, 2.45) is 0 Å². The lowest BCUT2D eigenvalue weighted by atomic mass is 10.1. The van der Waals surface area contributed by atoms with Crippen molar-refractivity contribution in [1.29, 1.82) is 0 Å². The van der Waals surface area contributed by atoms with Gasteiger partial charge >= 0.3 is 24.1 Å². The van der Waals surface area contributed by atoms with E-state index in [4.69, 9.17) is 5.11 Å². The van der Waals surface area contributed by atoms with Crippen molar-refractivity contribution in [2.75, 3.05) is 6.67 Å². The van der Waals surface area contributed by atoms with Crippen LogP contribution in [-0.2, 0) is 4.74 Å². The van der Waals surface area contributed by atoms with Crippen LogP contribution in [-0.4, -0.2) is 35.9 Å². The fourth-order valence-corrected chi connectivity index (χ4v) is 0.600. The number of hydrogen-bond donors (Lipinski definition) is 1. The average molecular weight is 297 g/mol. The molecule has 109 valence electrons. The molecule has 18 heavy (non-hydrogen) atoms. The fourth-order valence-electron chi connectivity index (χ4n) is 0.600. The molecule has 0 spiro atoms. The van der Waals surface area contributed by atoms with Gasteiger partial charge in [0.25, 0.3) is 6.29 Å². The van der Waals surface area contributed by atoms with E-state index in [1.54, 1.807) is 0 Å². The molecule has 0 heterocycles. The molecule has 12 heteroatoms. The summed E-state index contributed by atoms with van der Waals surface area (Å²) in [5.74, 6) is -14.2. The molecule has 0 aliphatic carbocycles. The Morgan fingerprint density at radius 3 is 1.50 bits per heavy atom. The van der Waals surface area contributed by atoms with Crippen LogP contribution in [0.25, 0.3) is 0 Å². The van der Waals surface area contributed by atoms with E-state index in [1.807, 2.05) is 0 Å². The number of aliphatic hydroxyl groups is 1. The van der Waals surface area contributed by atoms with Crippen molar-refractivity contribution >= 4 is 0 Å². The third-order valence-corrected chi connectivity index (χ3v) is 1.48. The monoisotopic (exact) mass is 297 g/mol. The van der Waals surface area contributed by atoms with Gasteiger partial charge in [0, 0.05) is 0 Å². The highest BCUT2D eigenvalue weighted by Gasteiger charge is 2.83. The molecule has 0 aliphatic rings. The second-order valence-corrected chi connectivity index (χ2v) is 2.79.